The molecular weight excluding hydrogens is 376 g/mol. The van der Waals surface area contributed by atoms with Crippen molar-refractivity contribution >= 4 is 34.9 Å². The predicted molar refractivity (Wildman–Crippen MR) is 98.6 cm³/mol. The molecule has 3 heterocycles. The van der Waals surface area contributed by atoms with E-state index in [1.807, 2.05) is 24.3 Å². The summed E-state index contributed by atoms with van der Waals surface area (Å²) >= 11 is 7.47. The monoisotopic (exact) mass is 392 g/mol. The van der Waals surface area contributed by atoms with Crippen LogP contribution in [-0.4, -0.2) is 50.2 Å². The molecule has 1 aromatic heterocycles. The molecule has 0 radical (unpaired) electrons. The second-order valence-corrected chi connectivity index (χ2v) is 7.73. The van der Waals surface area contributed by atoms with Crippen LogP contribution in [0.2, 0.25) is 5.02 Å². The number of aliphatic hydroxyl groups is 2. The number of benzene rings is 1. The summed E-state index contributed by atoms with van der Waals surface area (Å²) < 4.78 is 0. The number of halogens is 1. The highest BCUT2D eigenvalue weighted by molar-refractivity contribution is 7.99. The van der Waals surface area contributed by atoms with E-state index in [-0.39, 0.29) is 11.9 Å². The molecule has 8 nitrogen and oxygen atoms in total. The summed E-state index contributed by atoms with van der Waals surface area (Å²) in [5.74, 6) is 0.836. The summed E-state index contributed by atoms with van der Waals surface area (Å²) in [6.07, 6.45) is -0.557. The van der Waals surface area contributed by atoms with Crippen molar-refractivity contribution in [2.24, 2.45) is 10.2 Å². The number of nitrogens with zero attached hydrogens (tertiary/aromatic N) is 4. The molecule has 1 aromatic carbocycles. The van der Waals surface area contributed by atoms with E-state index in [1.165, 1.54) is 6.33 Å². The van der Waals surface area contributed by atoms with Gasteiger partial charge in [0, 0.05) is 21.7 Å². The molecule has 0 amide bonds. The first-order chi connectivity index (χ1) is 12.5. The third-order valence-electron chi connectivity index (χ3n) is 4.56. The van der Waals surface area contributed by atoms with Crippen LogP contribution in [0.1, 0.15) is 11.7 Å². The Bertz CT molecular complexity index is 836. The highest BCUT2D eigenvalue weighted by Gasteiger charge is 2.47. The van der Waals surface area contributed by atoms with Gasteiger partial charge in [-0.25, -0.2) is 9.97 Å². The van der Waals surface area contributed by atoms with Gasteiger partial charge in [0.1, 0.15) is 18.1 Å². The van der Waals surface area contributed by atoms with Gasteiger partial charge < -0.3 is 21.3 Å². The molecule has 5 atom stereocenters. The van der Waals surface area contributed by atoms with Crippen LogP contribution in [0.5, 0.6) is 0 Å². The number of hydrogen-bond donors (Lipinski definition) is 4. The van der Waals surface area contributed by atoms with Crippen molar-refractivity contribution in [2.75, 3.05) is 11.5 Å². The number of thioether (sulfide) groups is 1. The maximum atomic E-state index is 10.5. The van der Waals surface area contributed by atoms with Crippen molar-refractivity contribution in [3.05, 3.63) is 41.3 Å². The normalized spacial score (nSPS) is 29.9. The minimum atomic E-state index is -0.989. The molecule has 2 aliphatic heterocycles. The minimum Gasteiger partial charge on any atom is -0.389 e. The van der Waals surface area contributed by atoms with Crippen molar-refractivity contribution in [2.45, 2.75) is 35.2 Å². The SMILES string of the molecule is Nc1ncnc2c1N=NC2[C@H]1N[C@@H](CSc2ccc(Cl)cc2)[C@H](O)[C@@H]1O. The first-order valence-corrected chi connectivity index (χ1v) is 9.42. The van der Waals surface area contributed by atoms with Gasteiger partial charge in [0.05, 0.1) is 18.2 Å². The topological polar surface area (TPSA) is 129 Å². The lowest BCUT2D eigenvalue weighted by Crippen LogP contribution is -2.38. The van der Waals surface area contributed by atoms with Gasteiger partial charge in [-0.3, -0.25) is 0 Å². The Labute approximate surface area is 158 Å². The number of nitrogens with one attached hydrogen (secondary N) is 1. The van der Waals surface area contributed by atoms with Crippen molar-refractivity contribution in [1.29, 1.82) is 0 Å². The van der Waals surface area contributed by atoms with Crippen LogP contribution in [0, 0.1) is 0 Å². The first-order valence-electron chi connectivity index (χ1n) is 8.06. The first kappa shape index (κ1) is 17.6. The Balaban J connectivity index is 1.46. The lowest BCUT2D eigenvalue weighted by atomic mass is 9.99. The van der Waals surface area contributed by atoms with Crippen LogP contribution in [0.3, 0.4) is 0 Å². The lowest BCUT2D eigenvalue weighted by molar-refractivity contribution is 0.0271. The molecule has 0 spiro atoms. The molecule has 0 bridgehead atoms. The largest absolute Gasteiger partial charge is 0.389 e. The molecule has 26 heavy (non-hydrogen) atoms. The number of anilines is 1. The van der Waals surface area contributed by atoms with Crippen LogP contribution in [-0.2, 0) is 0 Å². The van der Waals surface area contributed by atoms with E-state index in [4.69, 9.17) is 17.3 Å². The zero-order valence-corrected chi connectivity index (χ0v) is 15.1. The number of aromatic nitrogens is 2. The molecule has 1 unspecified atom stereocenters. The zero-order valence-electron chi connectivity index (χ0n) is 13.5. The highest BCUT2D eigenvalue weighted by Crippen LogP contribution is 2.41. The van der Waals surface area contributed by atoms with Gasteiger partial charge in [-0.15, -0.1) is 16.9 Å². The van der Waals surface area contributed by atoms with Crippen molar-refractivity contribution in [3.8, 4) is 0 Å². The molecule has 10 heteroatoms. The van der Waals surface area contributed by atoms with Crippen LogP contribution >= 0.6 is 23.4 Å². The molecular formula is C16H17ClN6O2S. The Morgan fingerprint density at radius 2 is 1.92 bits per heavy atom. The molecule has 4 rings (SSSR count). The van der Waals surface area contributed by atoms with E-state index in [2.05, 4.69) is 25.5 Å². The third-order valence-corrected chi connectivity index (χ3v) is 5.94. The summed E-state index contributed by atoms with van der Waals surface area (Å²) in [5.41, 5.74) is 6.79. The Hall–Kier alpha value is -1.78. The van der Waals surface area contributed by atoms with Gasteiger partial charge in [0.15, 0.2) is 11.5 Å². The van der Waals surface area contributed by atoms with E-state index < -0.39 is 24.3 Å². The second kappa shape index (κ2) is 7.09. The molecule has 2 aromatic rings. The zero-order chi connectivity index (χ0) is 18.3. The van der Waals surface area contributed by atoms with Gasteiger partial charge in [0.2, 0.25) is 0 Å². The van der Waals surface area contributed by atoms with Crippen molar-refractivity contribution < 1.29 is 10.2 Å². The molecule has 136 valence electrons. The highest BCUT2D eigenvalue weighted by atomic mass is 35.5. The fraction of sp³-hybridized carbons (Fsp3) is 0.375. The molecule has 0 saturated carbocycles. The molecule has 0 aliphatic carbocycles. The molecule has 1 saturated heterocycles. The average molecular weight is 393 g/mol. The number of nitrogens with two attached hydrogens (primary N) is 1. The summed E-state index contributed by atoms with van der Waals surface area (Å²) in [4.78, 5) is 9.14. The third kappa shape index (κ3) is 3.17. The van der Waals surface area contributed by atoms with Gasteiger partial charge in [-0.05, 0) is 24.3 Å². The molecule has 1 fully saturated rings. The average Bonchev–Trinajstić information content (AvgIpc) is 3.18. The van der Waals surface area contributed by atoms with Crippen molar-refractivity contribution in [1.82, 2.24) is 15.3 Å². The number of aliphatic hydroxyl groups excluding tert-OH is 2. The van der Waals surface area contributed by atoms with E-state index >= 15 is 0 Å². The Morgan fingerprint density at radius 3 is 2.69 bits per heavy atom. The number of nitrogen functional groups attached to an aromatic ring is 1. The van der Waals surface area contributed by atoms with E-state index in [1.54, 1.807) is 11.8 Å². The summed E-state index contributed by atoms with van der Waals surface area (Å²) in [5, 5.41) is 33.1. The predicted octanol–water partition coefficient (Wildman–Crippen LogP) is 1.71. The minimum absolute atomic E-state index is 0.254. The maximum absolute atomic E-state index is 10.5. The summed E-state index contributed by atoms with van der Waals surface area (Å²) in [7, 11) is 0. The number of hydrogen-bond acceptors (Lipinski definition) is 9. The second-order valence-electron chi connectivity index (χ2n) is 6.20. The van der Waals surface area contributed by atoms with Crippen LogP contribution in [0.4, 0.5) is 11.5 Å². The number of fused-ring (bicyclic) bond motifs is 1. The van der Waals surface area contributed by atoms with E-state index in [0.717, 1.165) is 4.90 Å². The van der Waals surface area contributed by atoms with Gasteiger partial charge in [-0.2, -0.15) is 5.11 Å². The Morgan fingerprint density at radius 1 is 1.15 bits per heavy atom. The van der Waals surface area contributed by atoms with Crippen molar-refractivity contribution in [3.63, 3.8) is 0 Å². The smallest absolute Gasteiger partial charge is 0.155 e. The fourth-order valence-corrected chi connectivity index (χ4v) is 4.30. The van der Waals surface area contributed by atoms with Gasteiger partial charge in [0.25, 0.3) is 0 Å². The molecule has 5 N–H and O–H groups in total. The van der Waals surface area contributed by atoms with E-state index in [9.17, 15) is 10.2 Å². The van der Waals surface area contributed by atoms with Crippen LogP contribution in [0.15, 0.2) is 45.7 Å². The summed E-state index contributed by atoms with van der Waals surface area (Å²) in [6, 6.07) is 6.17. The lowest BCUT2D eigenvalue weighted by Gasteiger charge is -2.19. The standard InChI is InChI=1S/C16H17ClN6O2S/c17-7-1-3-8(4-2-7)26-5-9-14(24)15(25)12(21-9)11-10-13(23-22-11)16(18)20-6-19-10/h1-4,6,9,11-12,14-15,21,24-25H,5H2,(H2,18,19,20)/t9-,11?,12+,14-,15+/m0/s1. The van der Waals surface area contributed by atoms with E-state index in [0.29, 0.717) is 22.2 Å². The van der Waals surface area contributed by atoms with Crippen LogP contribution < -0.4 is 11.1 Å². The van der Waals surface area contributed by atoms with Crippen LogP contribution in [0.25, 0.3) is 0 Å². The molecule has 2 aliphatic rings. The number of rotatable bonds is 4. The summed E-state index contributed by atoms with van der Waals surface area (Å²) in [6.45, 7) is 0. The number of azo groups is 1. The van der Waals surface area contributed by atoms with Gasteiger partial charge in [-0.1, -0.05) is 11.6 Å². The maximum Gasteiger partial charge on any atom is 0.155 e. The van der Waals surface area contributed by atoms with Gasteiger partial charge >= 0.3 is 0 Å². The Kier molecular flexibility index (Phi) is 4.80. The fourth-order valence-electron chi connectivity index (χ4n) is 3.18. The quantitative estimate of drug-likeness (QED) is 0.583.